The number of para-hydroxylation sites is 2. The van der Waals surface area contributed by atoms with Crippen LogP contribution in [-0.2, 0) is 4.79 Å². The van der Waals surface area contributed by atoms with Gasteiger partial charge in [-0.3, -0.25) is 4.79 Å². The van der Waals surface area contributed by atoms with Crippen molar-refractivity contribution in [2.45, 2.75) is 32.7 Å². The SMILES string of the molecule is COc1ccc(C(=O)Oc2ccc(C3Nc4ccccc4NC4=C3C(=O)CC(C)(C)C4)cc2)cc1. The summed E-state index contributed by atoms with van der Waals surface area (Å²) in [5.74, 6) is 0.809. The summed E-state index contributed by atoms with van der Waals surface area (Å²) in [6.45, 7) is 4.25. The van der Waals surface area contributed by atoms with Crippen molar-refractivity contribution < 1.29 is 19.1 Å². The molecule has 5 rings (SSSR count). The second-order valence-electron chi connectivity index (χ2n) is 9.77. The van der Waals surface area contributed by atoms with E-state index in [9.17, 15) is 9.59 Å². The fourth-order valence-electron chi connectivity index (χ4n) is 4.76. The quantitative estimate of drug-likeness (QED) is 0.354. The number of ketones is 1. The van der Waals surface area contributed by atoms with Crippen LogP contribution in [0.4, 0.5) is 11.4 Å². The molecule has 35 heavy (non-hydrogen) atoms. The van der Waals surface area contributed by atoms with Crippen LogP contribution >= 0.6 is 0 Å². The number of nitrogens with one attached hydrogen (secondary N) is 2. The highest BCUT2D eigenvalue weighted by Gasteiger charge is 2.38. The number of hydrogen-bond donors (Lipinski definition) is 2. The molecule has 6 nitrogen and oxygen atoms in total. The fraction of sp³-hybridized carbons (Fsp3) is 0.241. The number of fused-ring (bicyclic) bond motifs is 1. The second-order valence-corrected chi connectivity index (χ2v) is 9.77. The average molecular weight is 469 g/mol. The molecular formula is C29H28N2O4. The molecule has 2 N–H and O–H groups in total. The lowest BCUT2D eigenvalue weighted by molar-refractivity contribution is -0.118. The molecule has 0 amide bonds. The standard InChI is InChI=1S/C29H28N2O4/c1-29(2)16-24-26(25(32)17-29)27(31-23-7-5-4-6-22(23)30-24)18-8-14-21(15-9-18)35-28(33)19-10-12-20(34-3)13-11-19/h4-15,27,30-31H,16-17H2,1-3H3. The number of anilines is 2. The third-order valence-electron chi connectivity index (χ3n) is 6.47. The predicted octanol–water partition coefficient (Wildman–Crippen LogP) is 6.14. The second kappa shape index (κ2) is 8.95. The molecule has 0 fully saturated rings. The van der Waals surface area contributed by atoms with Crippen LogP contribution in [0.15, 0.2) is 84.1 Å². The van der Waals surface area contributed by atoms with Crippen molar-refractivity contribution >= 4 is 23.1 Å². The number of carbonyl (C=O) groups excluding carboxylic acids is 2. The third-order valence-corrected chi connectivity index (χ3v) is 6.47. The monoisotopic (exact) mass is 468 g/mol. The molecule has 0 bridgehead atoms. The molecule has 3 aromatic carbocycles. The normalized spacial score (nSPS) is 18.4. The van der Waals surface area contributed by atoms with Crippen LogP contribution < -0.4 is 20.1 Å². The lowest BCUT2D eigenvalue weighted by Crippen LogP contribution is -2.31. The third kappa shape index (κ3) is 4.64. The number of rotatable bonds is 4. The molecule has 178 valence electrons. The molecule has 2 aliphatic rings. The maximum atomic E-state index is 13.3. The van der Waals surface area contributed by atoms with Gasteiger partial charge in [-0.15, -0.1) is 0 Å². The van der Waals surface area contributed by atoms with Crippen LogP contribution in [0.1, 0.15) is 48.7 Å². The Balaban J connectivity index is 1.43. The topological polar surface area (TPSA) is 76.7 Å². The first kappa shape index (κ1) is 22.7. The number of allylic oxidation sites excluding steroid dienone is 1. The van der Waals surface area contributed by atoms with E-state index in [2.05, 4.69) is 24.5 Å². The van der Waals surface area contributed by atoms with E-state index in [0.29, 0.717) is 23.5 Å². The van der Waals surface area contributed by atoms with E-state index in [1.165, 1.54) is 0 Å². The summed E-state index contributed by atoms with van der Waals surface area (Å²) in [4.78, 5) is 25.9. The Kier molecular flexibility index (Phi) is 5.81. The molecule has 0 saturated carbocycles. The van der Waals surface area contributed by atoms with E-state index >= 15 is 0 Å². The average Bonchev–Trinajstić information content (AvgIpc) is 3.00. The number of esters is 1. The summed E-state index contributed by atoms with van der Waals surface area (Å²) in [6.07, 6.45) is 1.29. The summed E-state index contributed by atoms with van der Waals surface area (Å²) >= 11 is 0. The van der Waals surface area contributed by atoms with Gasteiger partial charge in [0.1, 0.15) is 11.5 Å². The first-order valence-corrected chi connectivity index (χ1v) is 11.7. The number of carbonyl (C=O) groups is 2. The van der Waals surface area contributed by atoms with Gasteiger partial charge in [0.05, 0.1) is 30.1 Å². The molecule has 6 heteroatoms. The summed E-state index contributed by atoms with van der Waals surface area (Å²) in [7, 11) is 1.58. The molecule has 1 unspecified atom stereocenters. The van der Waals surface area contributed by atoms with E-state index in [4.69, 9.17) is 9.47 Å². The highest BCUT2D eigenvalue weighted by atomic mass is 16.5. The summed E-state index contributed by atoms with van der Waals surface area (Å²) in [5.41, 5.74) is 4.88. The minimum Gasteiger partial charge on any atom is -0.497 e. The van der Waals surface area contributed by atoms with Crippen molar-refractivity contribution in [3.63, 3.8) is 0 Å². The fourth-order valence-corrected chi connectivity index (χ4v) is 4.76. The van der Waals surface area contributed by atoms with Crippen LogP contribution in [0.5, 0.6) is 11.5 Å². The van der Waals surface area contributed by atoms with E-state index < -0.39 is 5.97 Å². The van der Waals surface area contributed by atoms with E-state index in [0.717, 1.165) is 34.6 Å². The molecule has 0 saturated heterocycles. The highest BCUT2D eigenvalue weighted by Crippen LogP contribution is 2.45. The Morgan fingerprint density at radius 2 is 1.54 bits per heavy atom. The molecular weight excluding hydrogens is 440 g/mol. The van der Waals surface area contributed by atoms with Gasteiger partial charge in [0, 0.05) is 17.7 Å². The van der Waals surface area contributed by atoms with Crippen LogP contribution in [0.3, 0.4) is 0 Å². The van der Waals surface area contributed by atoms with Crippen molar-refractivity contribution in [2.24, 2.45) is 5.41 Å². The molecule has 0 aromatic heterocycles. The summed E-state index contributed by atoms with van der Waals surface area (Å²) in [6, 6.07) is 21.8. The van der Waals surface area contributed by atoms with Crippen molar-refractivity contribution in [3.8, 4) is 11.5 Å². The largest absolute Gasteiger partial charge is 0.497 e. The maximum absolute atomic E-state index is 13.3. The van der Waals surface area contributed by atoms with Gasteiger partial charge in [0.25, 0.3) is 0 Å². The number of hydrogen-bond acceptors (Lipinski definition) is 6. The molecule has 1 atom stereocenters. The zero-order valence-corrected chi connectivity index (χ0v) is 20.1. The summed E-state index contributed by atoms with van der Waals surface area (Å²) < 4.78 is 10.7. The molecule has 1 aliphatic heterocycles. The van der Waals surface area contributed by atoms with Gasteiger partial charge in [-0.2, -0.15) is 0 Å². The Labute approximate surface area is 205 Å². The Bertz CT molecular complexity index is 1310. The minimum absolute atomic E-state index is 0.105. The van der Waals surface area contributed by atoms with E-state index in [1.807, 2.05) is 36.4 Å². The first-order chi connectivity index (χ1) is 16.8. The number of ether oxygens (including phenoxy) is 2. The molecule has 3 aromatic rings. The minimum atomic E-state index is -0.444. The van der Waals surface area contributed by atoms with Crippen molar-refractivity contribution in [1.29, 1.82) is 0 Å². The lowest BCUT2D eigenvalue weighted by atomic mass is 9.73. The Morgan fingerprint density at radius 3 is 2.23 bits per heavy atom. The maximum Gasteiger partial charge on any atom is 0.343 e. The molecule has 1 heterocycles. The van der Waals surface area contributed by atoms with E-state index in [-0.39, 0.29) is 17.2 Å². The molecule has 1 aliphatic carbocycles. The van der Waals surface area contributed by atoms with Gasteiger partial charge in [-0.1, -0.05) is 38.1 Å². The zero-order valence-electron chi connectivity index (χ0n) is 20.1. The van der Waals surface area contributed by atoms with Gasteiger partial charge < -0.3 is 20.1 Å². The molecule has 0 spiro atoms. The van der Waals surface area contributed by atoms with Crippen LogP contribution in [-0.4, -0.2) is 18.9 Å². The Morgan fingerprint density at radius 1 is 0.886 bits per heavy atom. The Hall–Kier alpha value is -4.06. The molecule has 0 radical (unpaired) electrons. The van der Waals surface area contributed by atoms with Gasteiger partial charge in [-0.25, -0.2) is 4.79 Å². The van der Waals surface area contributed by atoms with Gasteiger partial charge in [-0.05, 0) is 65.9 Å². The number of benzene rings is 3. The van der Waals surface area contributed by atoms with Crippen LogP contribution in [0, 0.1) is 5.41 Å². The van der Waals surface area contributed by atoms with Crippen LogP contribution in [0.2, 0.25) is 0 Å². The van der Waals surface area contributed by atoms with Crippen LogP contribution in [0.25, 0.3) is 0 Å². The van der Waals surface area contributed by atoms with E-state index in [1.54, 1.807) is 43.5 Å². The highest BCUT2D eigenvalue weighted by molar-refractivity contribution is 6.01. The summed E-state index contributed by atoms with van der Waals surface area (Å²) in [5, 5.41) is 7.10. The van der Waals surface area contributed by atoms with Crippen molar-refractivity contribution in [2.75, 3.05) is 17.7 Å². The van der Waals surface area contributed by atoms with Gasteiger partial charge in [0.15, 0.2) is 5.78 Å². The first-order valence-electron chi connectivity index (χ1n) is 11.7. The smallest absolute Gasteiger partial charge is 0.343 e. The van der Waals surface area contributed by atoms with Gasteiger partial charge >= 0.3 is 5.97 Å². The predicted molar refractivity (Wildman–Crippen MR) is 136 cm³/mol. The van der Waals surface area contributed by atoms with Crippen molar-refractivity contribution in [1.82, 2.24) is 0 Å². The van der Waals surface area contributed by atoms with Gasteiger partial charge in [0.2, 0.25) is 0 Å². The zero-order chi connectivity index (χ0) is 24.6. The number of methoxy groups -OCH3 is 1. The lowest BCUT2D eigenvalue weighted by Gasteiger charge is -2.34. The number of Topliss-reactive ketones (excluding diaryl/α,β-unsaturated/α-hetero) is 1. The van der Waals surface area contributed by atoms with Crippen molar-refractivity contribution in [3.05, 3.63) is 95.2 Å².